The van der Waals surface area contributed by atoms with Gasteiger partial charge in [0.15, 0.2) is 5.13 Å². The number of thiazole rings is 2. The highest BCUT2D eigenvalue weighted by molar-refractivity contribution is 7.20. The first-order valence-electron chi connectivity index (χ1n) is 5.16. The average molecular weight is 294 g/mol. The van der Waals surface area contributed by atoms with Gasteiger partial charge in [-0.1, -0.05) is 35.1 Å². The van der Waals surface area contributed by atoms with Crippen LogP contribution in [0.4, 0.5) is 5.13 Å². The van der Waals surface area contributed by atoms with Crippen LogP contribution in [0.5, 0.6) is 0 Å². The summed E-state index contributed by atoms with van der Waals surface area (Å²) in [5.41, 5.74) is 7.71. The maximum atomic E-state index is 5.90. The van der Waals surface area contributed by atoms with Crippen LogP contribution < -0.4 is 5.73 Å². The number of benzene rings is 1. The Morgan fingerprint density at radius 3 is 2.61 bits per heavy atom. The van der Waals surface area contributed by atoms with E-state index in [1.165, 1.54) is 11.3 Å². The number of nitrogens with zero attached hydrogens (tertiary/aromatic N) is 2. The van der Waals surface area contributed by atoms with Gasteiger partial charge >= 0.3 is 0 Å². The van der Waals surface area contributed by atoms with Crippen molar-refractivity contribution >= 4 is 39.4 Å². The molecule has 2 aromatic heterocycles. The van der Waals surface area contributed by atoms with Crippen LogP contribution in [0.15, 0.2) is 35.8 Å². The molecule has 0 fully saturated rings. The second kappa shape index (κ2) is 4.68. The minimum atomic E-state index is 0.546. The van der Waals surface area contributed by atoms with Gasteiger partial charge in [0.2, 0.25) is 0 Å². The normalized spacial score (nSPS) is 10.7. The lowest BCUT2D eigenvalue weighted by Crippen LogP contribution is -1.83. The van der Waals surface area contributed by atoms with Gasteiger partial charge in [0.25, 0.3) is 0 Å². The monoisotopic (exact) mass is 293 g/mol. The molecular formula is C12H8ClN3S2. The third-order valence-corrected chi connectivity index (χ3v) is 4.35. The van der Waals surface area contributed by atoms with Crippen molar-refractivity contribution in [3.8, 4) is 21.1 Å². The fraction of sp³-hybridized carbons (Fsp3) is 0. The van der Waals surface area contributed by atoms with Crippen molar-refractivity contribution in [3.05, 3.63) is 40.9 Å². The highest BCUT2D eigenvalue weighted by Gasteiger charge is 2.15. The van der Waals surface area contributed by atoms with Gasteiger partial charge in [-0.05, 0) is 17.7 Å². The van der Waals surface area contributed by atoms with Crippen LogP contribution >= 0.6 is 34.3 Å². The molecule has 1 aromatic carbocycles. The van der Waals surface area contributed by atoms with Crippen molar-refractivity contribution in [2.45, 2.75) is 0 Å². The molecule has 90 valence electrons. The van der Waals surface area contributed by atoms with Gasteiger partial charge in [-0.3, -0.25) is 0 Å². The predicted octanol–water partition coefficient (Wildman–Crippen LogP) is 4.17. The fourth-order valence-corrected chi connectivity index (χ4v) is 3.28. The second-order valence-corrected chi connectivity index (χ2v) is 5.94. The zero-order chi connectivity index (χ0) is 12.5. The van der Waals surface area contributed by atoms with Gasteiger partial charge in [-0.2, -0.15) is 0 Å². The summed E-state index contributed by atoms with van der Waals surface area (Å²) in [6, 6.07) is 7.65. The third kappa shape index (κ3) is 2.12. The van der Waals surface area contributed by atoms with E-state index in [2.05, 4.69) is 9.97 Å². The topological polar surface area (TPSA) is 51.8 Å². The molecular weight excluding hydrogens is 286 g/mol. The molecule has 3 nitrogen and oxygen atoms in total. The molecule has 0 spiro atoms. The van der Waals surface area contributed by atoms with E-state index in [4.69, 9.17) is 17.3 Å². The minimum Gasteiger partial charge on any atom is -0.375 e. The minimum absolute atomic E-state index is 0.546. The molecule has 6 heteroatoms. The van der Waals surface area contributed by atoms with Gasteiger partial charge in [-0.25, -0.2) is 9.97 Å². The molecule has 0 saturated heterocycles. The van der Waals surface area contributed by atoms with Crippen molar-refractivity contribution in [3.63, 3.8) is 0 Å². The lowest BCUT2D eigenvalue weighted by atomic mass is 10.1. The summed E-state index contributed by atoms with van der Waals surface area (Å²) >= 11 is 8.91. The van der Waals surface area contributed by atoms with Crippen molar-refractivity contribution in [2.75, 3.05) is 5.73 Å². The van der Waals surface area contributed by atoms with E-state index >= 15 is 0 Å². The van der Waals surface area contributed by atoms with E-state index < -0.39 is 0 Å². The van der Waals surface area contributed by atoms with E-state index in [0.29, 0.717) is 10.2 Å². The van der Waals surface area contributed by atoms with Crippen LogP contribution in [-0.2, 0) is 0 Å². The van der Waals surface area contributed by atoms with Gasteiger partial charge in [0, 0.05) is 16.6 Å². The molecule has 0 unspecified atom stereocenters. The number of nitrogen functional groups attached to an aromatic ring is 1. The third-order valence-electron chi connectivity index (χ3n) is 2.39. The Bertz CT molecular complexity index is 659. The van der Waals surface area contributed by atoms with Gasteiger partial charge in [0.1, 0.15) is 10.7 Å². The molecule has 0 aliphatic carbocycles. The van der Waals surface area contributed by atoms with Crippen LogP contribution in [0, 0.1) is 0 Å². The van der Waals surface area contributed by atoms with Crippen molar-refractivity contribution in [2.24, 2.45) is 0 Å². The Morgan fingerprint density at radius 1 is 1.17 bits per heavy atom. The lowest BCUT2D eigenvalue weighted by molar-refractivity contribution is 1.35. The van der Waals surface area contributed by atoms with Crippen LogP contribution in [-0.4, -0.2) is 9.97 Å². The van der Waals surface area contributed by atoms with Gasteiger partial charge in [0.05, 0.1) is 4.88 Å². The number of nitrogens with two attached hydrogens (primary N) is 1. The van der Waals surface area contributed by atoms with Gasteiger partial charge < -0.3 is 5.73 Å². The van der Waals surface area contributed by atoms with Gasteiger partial charge in [-0.15, -0.1) is 11.3 Å². The summed E-state index contributed by atoms with van der Waals surface area (Å²) in [4.78, 5) is 9.67. The Morgan fingerprint density at radius 2 is 1.94 bits per heavy atom. The fourth-order valence-electron chi connectivity index (χ4n) is 1.62. The number of hydrogen-bond acceptors (Lipinski definition) is 5. The lowest BCUT2D eigenvalue weighted by Gasteiger charge is -1.99. The predicted molar refractivity (Wildman–Crippen MR) is 78.1 cm³/mol. The molecule has 0 bridgehead atoms. The number of halogens is 1. The van der Waals surface area contributed by atoms with E-state index in [1.807, 2.05) is 29.6 Å². The van der Waals surface area contributed by atoms with E-state index in [-0.39, 0.29) is 0 Å². The molecule has 18 heavy (non-hydrogen) atoms. The number of hydrogen-bond donors (Lipinski definition) is 1. The molecule has 2 N–H and O–H groups in total. The molecule has 0 amide bonds. The first-order chi connectivity index (χ1) is 8.74. The zero-order valence-electron chi connectivity index (χ0n) is 9.13. The largest absolute Gasteiger partial charge is 0.375 e. The highest BCUT2D eigenvalue weighted by atomic mass is 35.5. The number of anilines is 1. The van der Waals surface area contributed by atoms with Crippen molar-refractivity contribution in [1.29, 1.82) is 0 Å². The molecule has 3 aromatic rings. The maximum absolute atomic E-state index is 5.90. The average Bonchev–Trinajstić information content (AvgIpc) is 2.98. The van der Waals surface area contributed by atoms with E-state index in [9.17, 15) is 0 Å². The Kier molecular flexibility index (Phi) is 3.03. The summed E-state index contributed by atoms with van der Waals surface area (Å²) < 4.78 is 0. The van der Waals surface area contributed by atoms with Crippen LogP contribution in [0.25, 0.3) is 21.1 Å². The summed E-state index contributed by atoms with van der Waals surface area (Å²) in [6.07, 6.45) is 1.77. The van der Waals surface area contributed by atoms with Crippen molar-refractivity contribution in [1.82, 2.24) is 9.97 Å². The Balaban J connectivity index is 2.15. The summed E-state index contributed by atoms with van der Waals surface area (Å²) in [6.45, 7) is 0. The number of rotatable bonds is 2. The Labute approximate surface area is 117 Å². The van der Waals surface area contributed by atoms with Crippen molar-refractivity contribution < 1.29 is 0 Å². The zero-order valence-corrected chi connectivity index (χ0v) is 11.5. The molecule has 2 heterocycles. The van der Waals surface area contributed by atoms with Crippen LogP contribution in [0.2, 0.25) is 5.02 Å². The molecule has 0 aliphatic rings. The second-order valence-electron chi connectivity index (χ2n) is 3.57. The molecule has 3 rings (SSSR count). The molecule has 0 radical (unpaired) electrons. The summed E-state index contributed by atoms with van der Waals surface area (Å²) in [5, 5.41) is 4.07. The quantitative estimate of drug-likeness (QED) is 0.771. The molecule has 0 saturated carbocycles. The number of aromatic nitrogens is 2. The van der Waals surface area contributed by atoms with E-state index in [1.54, 1.807) is 17.5 Å². The first kappa shape index (κ1) is 11.6. The molecule has 0 aliphatic heterocycles. The van der Waals surface area contributed by atoms with E-state index in [0.717, 1.165) is 21.1 Å². The Hall–Kier alpha value is -1.43. The summed E-state index contributed by atoms with van der Waals surface area (Å²) in [7, 11) is 0. The SMILES string of the molecule is Nc1nc(-c2nccs2)c(-c2ccc(Cl)cc2)s1. The smallest absolute Gasteiger partial charge is 0.181 e. The summed E-state index contributed by atoms with van der Waals surface area (Å²) in [5.74, 6) is 0. The van der Waals surface area contributed by atoms with Crippen LogP contribution in [0.3, 0.4) is 0 Å². The molecule has 0 atom stereocenters. The maximum Gasteiger partial charge on any atom is 0.181 e. The standard InChI is InChI=1S/C12H8ClN3S2/c13-8-3-1-7(2-4-8)10-9(16-12(14)18-10)11-15-5-6-17-11/h1-6H,(H2,14,16). The highest BCUT2D eigenvalue weighted by Crippen LogP contribution is 2.38. The first-order valence-corrected chi connectivity index (χ1v) is 7.23. The van der Waals surface area contributed by atoms with Crippen LogP contribution in [0.1, 0.15) is 0 Å².